The van der Waals surface area contributed by atoms with Gasteiger partial charge in [0, 0.05) is 5.56 Å². The quantitative estimate of drug-likeness (QED) is 0.698. The fraction of sp³-hybridized carbons (Fsp3) is 0.250. The van der Waals surface area contributed by atoms with E-state index in [1.807, 2.05) is 0 Å². The average Bonchev–Trinajstić information content (AvgIpc) is 2.38. The van der Waals surface area contributed by atoms with E-state index >= 15 is 0 Å². The number of nitrogens with one attached hydrogen (secondary N) is 2. The number of aryl methyl sites for hydroxylation is 1. The van der Waals surface area contributed by atoms with Crippen LogP contribution in [-0.2, 0) is 14.9 Å². The minimum absolute atomic E-state index is 0.253. The molecule has 1 aromatic rings. The van der Waals surface area contributed by atoms with Gasteiger partial charge in [-0.25, -0.2) is 9.52 Å². The van der Waals surface area contributed by atoms with E-state index in [0.717, 1.165) is 7.11 Å². The maximum Gasteiger partial charge on any atom is 0.422 e. The molecule has 0 heterocycles. The Bertz CT molecular complexity index is 658. The molecule has 0 spiro atoms. The summed E-state index contributed by atoms with van der Waals surface area (Å²) in [7, 11) is -2.99. The van der Waals surface area contributed by atoms with Crippen LogP contribution in [0.1, 0.15) is 11.1 Å². The Balaban J connectivity index is 2.91. The zero-order valence-corrected chi connectivity index (χ0v) is 11.7. The van der Waals surface area contributed by atoms with Gasteiger partial charge in [-0.2, -0.15) is 8.42 Å². The number of methoxy groups -OCH3 is 1. The van der Waals surface area contributed by atoms with Crippen LogP contribution in [0.2, 0.25) is 0 Å². The second kappa shape index (κ2) is 6.79. The highest BCUT2D eigenvalue weighted by molar-refractivity contribution is 7.91. The molecule has 0 bridgehead atoms. The van der Waals surface area contributed by atoms with E-state index in [0.29, 0.717) is 16.8 Å². The van der Waals surface area contributed by atoms with E-state index in [1.165, 1.54) is 6.07 Å². The Hall–Kier alpha value is -2.24. The topological polar surface area (TPSA) is 105 Å². The van der Waals surface area contributed by atoms with Crippen LogP contribution < -0.4 is 9.44 Å². The second-order valence-electron chi connectivity index (χ2n) is 3.69. The first-order chi connectivity index (χ1) is 9.38. The van der Waals surface area contributed by atoms with Gasteiger partial charge < -0.3 is 9.84 Å². The number of aliphatic hydroxyl groups excluding tert-OH is 1. The fourth-order valence-electron chi connectivity index (χ4n) is 1.32. The molecule has 0 fully saturated rings. The van der Waals surface area contributed by atoms with Crippen LogP contribution in [0.15, 0.2) is 18.2 Å². The molecule has 0 aromatic heterocycles. The van der Waals surface area contributed by atoms with Gasteiger partial charge >= 0.3 is 16.3 Å². The van der Waals surface area contributed by atoms with Crippen molar-refractivity contribution in [1.82, 2.24) is 4.72 Å². The summed E-state index contributed by atoms with van der Waals surface area (Å²) in [5, 5.41) is 8.59. The molecule has 8 heteroatoms. The Morgan fingerprint density at radius 2 is 2.15 bits per heavy atom. The lowest BCUT2D eigenvalue weighted by Gasteiger charge is -2.10. The SMILES string of the molecule is COC(=O)NS(=O)(=O)Nc1ccc(C#CCO)cc1C. The lowest BCUT2D eigenvalue weighted by atomic mass is 10.1. The molecule has 7 nitrogen and oxygen atoms in total. The van der Waals surface area contributed by atoms with Crippen molar-refractivity contribution >= 4 is 22.0 Å². The van der Waals surface area contributed by atoms with Crippen molar-refractivity contribution in [2.24, 2.45) is 0 Å². The van der Waals surface area contributed by atoms with Crippen LogP contribution in [0, 0.1) is 18.8 Å². The van der Waals surface area contributed by atoms with Crippen LogP contribution in [-0.4, -0.2) is 33.3 Å². The molecule has 1 aromatic carbocycles. The molecule has 0 aliphatic rings. The number of hydrogen-bond donors (Lipinski definition) is 3. The van der Waals surface area contributed by atoms with Gasteiger partial charge in [-0.05, 0) is 30.7 Å². The molecular weight excluding hydrogens is 284 g/mol. The first-order valence-electron chi connectivity index (χ1n) is 5.47. The Kier molecular flexibility index (Phi) is 5.37. The molecule has 0 aliphatic heterocycles. The lowest BCUT2D eigenvalue weighted by molar-refractivity contribution is 0.177. The highest BCUT2D eigenvalue weighted by Crippen LogP contribution is 2.17. The first kappa shape index (κ1) is 15.8. The molecule has 0 radical (unpaired) electrons. The maximum atomic E-state index is 11.6. The van der Waals surface area contributed by atoms with Gasteiger partial charge in [-0.15, -0.1) is 0 Å². The van der Waals surface area contributed by atoms with Gasteiger partial charge in [-0.3, -0.25) is 4.72 Å². The largest absolute Gasteiger partial charge is 0.452 e. The number of amides is 1. The van der Waals surface area contributed by atoms with Gasteiger partial charge in [0.2, 0.25) is 0 Å². The summed E-state index contributed by atoms with van der Waals surface area (Å²) in [6.45, 7) is 1.43. The van der Waals surface area contributed by atoms with Gasteiger partial charge in [-0.1, -0.05) is 11.8 Å². The van der Waals surface area contributed by atoms with E-state index in [2.05, 4.69) is 21.3 Å². The standard InChI is InChI=1S/C12H14N2O5S/c1-9-8-10(4-3-7-15)5-6-11(9)13-20(17,18)14-12(16)19-2/h5-6,8,13,15H,7H2,1-2H3,(H,14,16). The fourth-order valence-corrected chi connectivity index (χ4v) is 2.19. The summed E-state index contributed by atoms with van der Waals surface area (Å²) < 4.78 is 31.3. The number of rotatable bonds is 3. The average molecular weight is 298 g/mol. The van der Waals surface area contributed by atoms with Crippen molar-refractivity contribution in [2.45, 2.75) is 6.92 Å². The summed E-state index contributed by atoms with van der Waals surface area (Å²) in [5.74, 6) is 5.19. The lowest BCUT2D eigenvalue weighted by Crippen LogP contribution is -2.35. The summed E-state index contributed by atoms with van der Waals surface area (Å²) in [5.41, 5.74) is 1.56. The monoisotopic (exact) mass is 298 g/mol. The van der Waals surface area contributed by atoms with E-state index in [1.54, 1.807) is 23.8 Å². The highest BCUT2D eigenvalue weighted by atomic mass is 32.2. The van der Waals surface area contributed by atoms with Gasteiger partial charge in [0.05, 0.1) is 12.8 Å². The molecule has 0 aliphatic carbocycles. The zero-order chi connectivity index (χ0) is 15.2. The number of ether oxygens (including phenoxy) is 1. The molecule has 1 amide bonds. The molecule has 0 saturated heterocycles. The second-order valence-corrected chi connectivity index (χ2v) is 5.10. The summed E-state index contributed by atoms with van der Waals surface area (Å²) in [6, 6.07) is 4.75. The minimum atomic E-state index is -4.05. The molecule has 20 heavy (non-hydrogen) atoms. The van der Waals surface area contributed by atoms with Crippen molar-refractivity contribution < 1.29 is 23.1 Å². The third-order valence-electron chi connectivity index (χ3n) is 2.19. The van der Waals surface area contributed by atoms with Gasteiger partial charge in [0.15, 0.2) is 0 Å². The van der Waals surface area contributed by atoms with E-state index < -0.39 is 16.3 Å². The van der Waals surface area contributed by atoms with Crippen LogP contribution in [0.5, 0.6) is 0 Å². The number of carbonyl (C=O) groups is 1. The predicted molar refractivity (Wildman–Crippen MR) is 73.2 cm³/mol. The Labute approximate surface area is 117 Å². The molecule has 0 atom stereocenters. The summed E-state index contributed by atoms with van der Waals surface area (Å²) in [4.78, 5) is 10.9. The van der Waals surface area contributed by atoms with Crippen LogP contribution in [0.4, 0.5) is 10.5 Å². The smallest absolute Gasteiger partial charge is 0.422 e. The summed E-state index contributed by atoms with van der Waals surface area (Å²) >= 11 is 0. The van der Waals surface area contributed by atoms with E-state index in [4.69, 9.17) is 5.11 Å². The van der Waals surface area contributed by atoms with Crippen molar-refractivity contribution in [3.05, 3.63) is 29.3 Å². The predicted octanol–water partition coefficient (Wildman–Crippen LogP) is 0.352. The van der Waals surface area contributed by atoms with Gasteiger partial charge in [0.25, 0.3) is 0 Å². The number of anilines is 1. The van der Waals surface area contributed by atoms with Crippen LogP contribution in [0.3, 0.4) is 0 Å². The van der Waals surface area contributed by atoms with Crippen molar-refractivity contribution in [2.75, 3.05) is 18.4 Å². The molecule has 3 N–H and O–H groups in total. The highest BCUT2D eigenvalue weighted by Gasteiger charge is 2.15. The number of aliphatic hydroxyl groups is 1. The molecule has 0 unspecified atom stereocenters. The zero-order valence-electron chi connectivity index (χ0n) is 10.9. The number of hydrogen-bond acceptors (Lipinski definition) is 5. The molecule has 0 saturated carbocycles. The normalized spacial score (nSPS) is 10.2. The third kappa shape index (κ3) is 4.79. The number of benzene rings is 1. The van der Waals surface area contributed by atoms with Crippen LogP contribution in [0.25, 0.3) is 0 Å². The van der Waals surface area contributed by atoms with E-state index in [-0.39, 0.29) is 6.61 Å². The molecule has 108 valence electrons. The summed E-state index contributed by atoms with van der Waals surface area (Å²) in [6.07, 6.45) is -1.08. The van der Waals surface area contributed by atoms with Crippen molar-refractivity contribution in [3.63, 3.8) is 0 Å². The van der Waals surface area contributed by atoms with Crippen molar-refractivity contribution in [1.29, 1.82) is 0 Å². The number of carbonyl (C=O) groups excluding carboxylic acids is 1. The minimum Gasteiger partial charge on any atom is -0.452 e. The third-order valence-corrected chi connectivity index (χ3v) is 3.11. The molecule has 1 rings (SSSR count). The molecular formula is C12H14N2O5S. The van der Waals surface area contributed by atoms with Gasteiger partial charge in [0.1, 0.15) is 6.61 Å². The van der Waals surface area contributed by atoms with Crippen molar-refractivity contribution in [3.8, 4) is 11.8 Å². The Morgan fingerprint density at radius 3 is 2.70 bits per heavy atom. The maximum absolute atomic E-state index is 11.6. The first-order valence-corrected chi connectivity index (χ1v) is 6.95. The van der Waals surface area contributed by atoms with Crippen LogP contribution >= 0.6 is 0 Å². The Morgan fingerprint density at radius 1 is 1.45 bits per heavy atom. The van der Waals surface area contributed by atoms with E-state index in [9.17, 15) is 13.2 Å².